The molecule has 0 aliphatic heterocycles. The minimum Gasteiger partial charge on any atom is -0.423 e. The molecular weight excluding hydrogens is 484 g/mol. The van der Waals surface area contributed by atoms with Crippen molar-refractivity contribution in [3.8, 4) is 0 Å². The third-order valence-electron chi connectivity index (χ3n) is 2.34. The maximum Gasteiger partial charge on any atom is 0.488 e. The van der Waals surface area contributed by atoms with Gasteiger partial charge in [0.1, 0.15) is 0 Å². The number of hydrogen-bond donors (Lipinski definition) is 4. The molecule has 0 amide bonds. The summed E-state index contributed by atoms with van der Waals surface area (Å²) in [6.07, 6.45) is 0. The second-order valence-corrected chi connectivity index (χ2v) is 6.34. The quantitative estimate of drug-likeness (QED) is 0.348. The van der Waals surface area contributed by atoms with Gasteiger partial charge < -0.3 is 20.1 Å². The fraction of sp³-hybridized carbons (Fsp3) is 0. The lowest BCUT2D eigenvalue weighted by molar-refractivity contribution is 0.424. The van der Waals surface area contributed by atoms with E-state index in [0.717, 1.165) is 7.14 Å². The molecule has 0 saturated carbocycles. The first-order chi connectivity index (χ1) is 9.40. The Morgan fingerprint density at radius 2 is 0.800 bits per heavy atom. The van der Waals surface area contributed by atoms with E-state index in [4.69, 9.17) is 20.1 Å². The second kappa shape index (κ2) is 9.00. The van der Waals surface area contributed by atoms with Gasteiger partial charge in [0.15, 0.2) is 0 Å². The zero-order valence-corrected chi connectivity index (χ0v) is 14.6. The number of rotatable bonds is 2. The topological polar surface area (TPSA) is 80.9 Å². The summed E-state index contributed by atoms with van der Waals surface area (Å²) in [6.45, 7) is 0. The van der Waals surface area contributed by atoms with Crippen LogP contribution in [0.4, 0.5) is 0 Å². The van der Waals surface area contributed by atoms with Crippen LogP contribution in [0.1, 0.15) is 0 Å². The van der Waals surface area contributed by atoms with Gasteiger partial charge in [-0.15, -0.1) is 0 Å². The molecule has 2 aromatic rings. The van der Waals surface area contributed by atoms with Crippen molar-refractivity contribution in [2.24, 2.45) is 0 Å². The standard InChI is InChI=1S/2C6H6BIO2/c2*8-6-3-1-5(2-4-6)7(9)10/h2*1-4,9-10H. The maximum absolute atomic E-state index is 8.67. The van der Waals surface area contributed by atoms with Crippen molar-refractivity contribution in [2.45, 2.75) is 0 Å². The molecule has 0 aromatic heterocycles. The maximum atomic E-state index is 8.67. The van der Waals surface area contributed by atoms with Gasteiger partial charge in [0.05, 0.1) is 0 Å². The van der Waals surface area contributed by atoms with E-state index in [2.05, 4.69) is 45.2 Å². The molecule has 0 atom stereocenters. The molecule has 20 heavy (non-hydrogen) atoms. The summed E-state index contributed by atoms with van der Waals surface area (Å²) in [4.78, 5) is 0. The molecule has 0 aliphatic carbocycles. The SMILES string of the molecule is OB(O)c1ccc(I)cc1.OB(O)c1ccc(I)cc1. The summed E-state index contributed by atoms with van der Waals surface area (Å²) in [7, 11) is -2.70. The van der Waals surface area contributed by atoms with Crippen molar-refractivity contribution < 1.29 is 20.1 Å². The number of halogens is 2. The Bertz CT molecular complexity index is 468. The molecule has 0 saturated heterocycles. The van der Waals surface area contributed by atoms with Gasteiger partial charge in [-0.3, -0.25) is 0 Å². The second-order valence-electron chi connectivity index (χ2n) is 3.85. The third kappa shape index (κ3) is 6.55. The predicted octanol–water partition coefficient (Wildman–Crippen LogP) is -0.0580. The van der Waals surface area contributed by atoms with Crippen molar-refractivity contribution in [1.82, 2.24) is 0 Å². The first-order valence-electron chi connectivity index (χ1n) is 5.63. The molecule has 0 radical (unpaired) electrons. The highest BCUT2D eigenvalue weighted by molar-refractivity contribution is 14.1. The van der Waals surface area contributed by atoms with E-state index >= 15 is 0 Å². The monoisotopic (exact) mass is 496 g/mol. The largest absolute Gasteiger partial charge is 0.488 e. The molecule has 104 valence electrons. The van der Waals surface area contributed by atoms with E-state index in [-0.39, 0.29) is 0 Å². The number of benzene rings is 2. The molecule has 2 rings (SSSR count). The molecule has 0 unspecified atom stereocenters. The van der Waals surface area contributed by atoms with Crippen molar-refractivity contribution in [2.75, 3.05) is 0 Å². The van der Waals surface area contributed by atoms with Crippen LogP contribution in [0.25, 0.3) is 0 Å². The van der Waals surface area contributed by atoms with Crippen molar-refractivity contribution in [1.29, 1.82) is 0 Å². The summed E-state index contributed by atoms with van der Waals surface area (Å²) in [5.74, 6) is 0. The zero-order chi connectivity index (χ0) is 15.1. The highest BCUT2D eigenvalue weighted by Gasteiger charge is 2.09. The Balaban J connectivity index is 0.000000200. The van der Waals surface area contributed by atoms with E-state index in [9.17, 15) is 0 Å². The molecule has 4 N–H and O–H groups in total. The Hall–Kier alpha value is -0.130. The number of hydrogen-bond acceptors (Lipinski definition) is 4. The Morgan fingerprint density at radius 1 is 0.550 bits per heavy atom. The predicted molar refractivity (Wildman–Crippen MR) is 98.0 cm³/mol. The molecular formula is C12H12B2I2O4. The van der Waals surface area contributed by atoms with E-state index in [1.165, 1.54) is 0 Å². The van der Waals surface area contributed by atoms with Gasteiger partial charge in [-0.2, -0.15) is 0 Å². The van der Waals surface area contributed by atoms with Gasteiger partial charge in [0, 0.05) is 7.14 Å². The molecule has 8 heteroatoms. The Kier molecular flexibility index (Phi) is 8.07. The van der Waals surface area contributed by atoms with Crippen LogP contribution in [-0.2, 0) is 0 Å². The minimum atomic E-state index is -1.35. The lowest BCUT2D eigenvalue weighted by atomic mass is 9.81. The van der Waals surface area contributed by atoms with Gasteiger partial charge in [0.25, 0.3) is 0 Å². The summed E-state index contributed by atoms with van der Waals surface area (Å²) in [6, 6.07) is 14.1. The lowest BCUT2D eigenvalue weighted by Crippen LogP contribution is -2.29. The van der Waals surface area contributed by atoms with E-state index < -0.39 is 14.2 Å². The van der Waals surface area contributed by atoms with Crippen LogP contribution in [-0.4, -0.2) is 34.3 Å². The fourth-order valence-corrected chi connectivity index (χ4v) is 1.99. The van der Waals surface area contributed by atoms with Gasteiger partial charge in [0.2, 0.25) is 0 Å². The van der Waals surface area contributed by atoms with Crippen LogP contribution in [0, 0.1) is 7.14 Å². The molecule has 0 heterocycles. The third-order valence-corrected chi connectivity index (χ3v) is 3.77. The Morgan fingerprint density at radius 3 is 1.00 bits per heavy atom. The van der Waals surface area contributed by atoms with Crippen LogP contribution < -0.4 is 10.9 Å². The average Bonchev–Trinajstić information content (AvgIpc) is 2.40. The minimum absolute atomic E-state index is 0.528. The van der Waals surface area contributed by atoms with Crippen LogP contribution in [0.5, 0.6) is 0 Å². The van der Waals surface area contributed by atoms with Gasteiger partial charge >= 0.3 is 14.2 Å². The fourth-order valence-electron chi connectivity index (χ4n) is 1.27. The van der Waals surface area contributed by atoms with Gasteiger partial charge in [-0.05, 0) is 80.4 Å². The summed E-state index contributed by atoms with van der Waals surface area (Å²) < 4.78 is 2.17. The highest BCUT2D eigenvalue weighted by atomic mass is 127. The molecule has 0 fully saturated rings. The van der Waals surface area contributed by atoms with Gasteiger partial charge in [-0.25, -0.2) is 0 Å². The summed E-state index contributed by atoms with van der Waals surface area (Å²) >= 11 is 4.31. The highest BCUT2D eigenvalue weighted by Crippen LogP contribution is 2.00. The molecule has 2 aromatic carbocycles. The van der Waals surface area contributed by atoms with Crippen LogP contribution >= 0.6 is 45.2 Å². The normalized spacial score (nSPS) is 9.50. The summed E-state index contributed by atoms with van der Waals surface area (Å²) in [5.41, 5.74) is 1.06. The van der Waals surface area contributed by atoms with E-state index in [1.54, 1.807) is 24.3 Å². The molecule has 0 aliphatic rings. The van der Waals surface area contributed by atoms with Crippen LogP contribution in [0.15, 0.2) is 48.5 Å². The zero-order valence-electron chi connectivity index (χ0n) is 10.3. The summed E-state index contributed by atoms with van der Waals surface area (Å²) in [5, 5.41) is 34.7. The average molecular weight is 496 g/mol. The van der Waals surface area contributed by atoms with Crippen LogP contribution in [0.3, 0.4) is 0 Å². The first-order valence-corrected chi connectivity index (χ1v) is 7.79. The van der Waals surface area contributed by atoms with Gasteiger partial charge in [-0.1, -0.05) is 24.3 Å². The van der Waals surface area contributed by atoms with E-state index in [1.807, 2.05) is 24.3 Å². The molecule has 4 nitrogen and oxygen atoms in total. The van der Waals surface area contributed by atoms with Crippen LogP contribution in [0.2, 0.25) is 0 Å². The molecule has 0 spiro atoms. The van der Waals surface area contributed by atoms with Crippen molar-refractivity contribution in [3.63, 3.8) is 0 Å². The molecule has 0 bridgehead atoms. The lowest BCUT2D eigenvalue weighted by Gasteiger charge is -1.96. The van der Waals surface area contributed by atoms with Crippen molar-refractivity contribution in [3.05, 3.63) is 55.7 Å². The van der Waals surface area contributed by atoms with E-state index in [0.29, 0.717) is 10.9 Å². The van der Waals surface area contributed by atoms with Crippen molar-refractivity contribution >= 4 is 70.3 Å². The Labute approximate surface area is 145 Å². The first kappa shape index (κ1) is 17.9. The smallest absolute Gasteiger partial charge is 0.423 e.